The number of aryl methyl sites for hydroxylation is 1. The van der Waals surface area contributed by atoms with Crippen molar-refractivity contribution in [2.24, 2.45) is 18.9 Å². The first-order chi connectivity index (χ1) is 8.08. The van der Waals surface area contributed by atoms with Gasteiger partial charge in [-0.25, -0.2) is 0 Å². The van der Waals surface area contributed by atoms with E-state index in [1.54, 1.807) is 10.9 Å². The standard InChI is InChI=1S/C13H21N3O/c1-10-4-11(2)6-16(5-10)8-13-12(9-17)7-15(3)14-13/h7,9-11H,4-6,8H2,1-3H3. The van der Waals surface area contributed by atoms with Crippen molar-refractivity contribution in [2.45, 2.75) is 26.8 Å². The Morgan fingerprint density at radius 1 is 1.41 bits per heavy atom. The first-order valence-corrected chi connectivity index (χ1v) is 6.28. The minimum atomic E-state index is 0.721. The van der Waals surface area contributed by atoms with E-state index in [0.29, 0.717) is 0 Å². The highest BCUT2D eigenvalue weighted by molar-refractivity contribution is 5.75. The second-order valence-corrected chi connectivity index (χ2v) is 5.46. The summed E-state index contributed by atoms with van der Waals surface area (Å²) in [7, 11) is 1.86. The average molecular weight is 235 g/mol. The summed E-state index contributed by atoms with van der Waals surface area (Å²) in [6.07, 6.45) is 4.00. The van der Waals surface area contributed by atoms with Crippen molar-refractivity contribution in [3.05, 3.63) is 17.5 Å². The quantitative estimate of drug-likeness (QED) is 0.749. The minimum absolute atomic E-state index is 0.721. The largest absolute Gasteiger partial charge is 0.298 e. The highest BCUT2D eigenvalue weighted by Crippen LogP contribution is 2.22. The van der Waals surface area contributed by atoms with Crippen molar-refractivity contribution in [1.82, 2.24) is 14.7 Å². The van der Waals surface area contributed by atoms with Crippen molar-refractivity contribution in [3.63, 3.8) is 0 Å². The lowest BCUT2D eigenvalue weighted by molar-refractivity contribution is 0.111. The van der Waals surface area contributed by atoms with Crippen LogP contribution in [0.5, 0.6) is 0 Å². The Balaban J connectivity index is 2.06. The molecule has 0 amide bonds. The molecule has 1 fully saturated rings. The summed E-state index contributed by atoms with van der Waals surface area (Å²) in [4.78, 5) is 13.4. The number of carbonyl (C=O) groups is 1. The van der Waals surface area contributed by atoms with Gasteiger partial charge in [0.2, 0.25) is 0 Å². The number of piperidine rings is 1. The smallest absolute Gasteiger partial charge is 0.153 e. The van der Waals surface area contributed by atoms with Gasteiger partial charge in [0.05, 0.1) is 11.3 Å². The van der Waals surface area contributed by atoms with Crippen LogP contribution in [0.15, 0.2) is 6.20 Å². The number of aromatic nitrogens is 2. The van der Waals surface area contributed by atoms with Crippen LogP contribution in [0.2, 0.25) is 0 Å². The molecule has 1 aromatic rings. The lowest BCUT2D eigenvalue weighted by Gasteiger charge is -2.34. The molecule has 2 atom stereocenters. The van der Waals surface area contributed by atoms with Gasteiger partial charge in [-0.05, 0) is 18.3 Å². The highest BCUT2D eigenvalue weighted by Gasteiger charge is 2.23. The van der Waals surface area contributed by atoms with Crippen LogP contribution in [-0.2, 0) is 13.6 Å². The van der Waals surface area contributed by atoms with Gasteiger partial charge in [-0.2, -0.15) is 5.10 Å². The summed E-state index contributed by atoms with van der Waals surface area (Å²) < 4.78 is 1.72. The molecular weight excluding hydrogens is 214 g/mol. The number of carbonyl (C=O) groups excluding carboxylic acids is 1. The molecule has 0 aliphatic carbocycles. The third kappa shape index (κ3) is 2.94. The Labute approximate surface area is 103 Å². The minimum Gasteiger partial charge on any atom is -0.298 e. The number of likely N-dealkylation sites (tertiary alicyclic amines) is 1. The fourth-order valence-electron chi connectivity index (χ4n) is 2.91. The zero-order valence-corrected chi connectivity index (χ0v) is 10.9. The van der Waals surface area contributed by atoms with Gasteiger partial charge in [0, 0.05) is 32.9 Å². The average Bonchev–Trinajstić information content (AvgIpc) is 2.57. The van der Waals surface area contributed by atoms with Crippen LogP contribution in [0.1, 0.15) is 36.3 Å². The van der Waals surface area contributed by atoms with Crippen molar-refractivity contribution >= 4 is 6.29 Å². The van der Waals surface area contributed by atoms with Gasteiger partial charge in [0.25, 0.3) is 0 Å². The summed E-state index contributed by atoms with van der Waals surface area (Å²) in [6.45, 7) is 7.60. The maximum absolute atomic E-state index is 10.9. The number of hydrogen-bond acceptors (Lipinski definition) is 3. The van der Waals surface area contributed by atoms with E-state index in [4.69, 9.17) is 0 Å². The van der Waals surface area contributed by atoms with E-state index in [1.165, 1.54) is 6.42 Å². The maximum atomic E-state index is 10.9. The van der Waals surface area contributed by atoms with Crippen LogP contribution in [0.25, 0.3) is 0 Å². The van der Waals surface area contributed by atoms with E-state index >= 15 is 0 Å². The van der Waals surface area contributed by atoms with Gasteiger partial charge in [-0.1, -0.05) is 13.8 Å². The third-order valence-electron chi connectivity index (χ3n) is 3.38. The molecule has 1 saturated heterocycles. The molecule has 1 aliphatic rings. The lowest BCUT2D eigenvalue weighted by Crippen LogP contribution is -2.38. The fourth-order valence-corrected chi connectivity index (χ4v) is 2.91. The molecule has 0 bridgehead atoms. The third-order valence-corrected chi connectivity index (χ3v) is 3.38. The summed E-state index contributed by atoms with van der Waals surface area (Å²) in [5, 5.41) is 4.37. The molecule has 94 valence electrons. The van der Waals surface area contributed by atoms with Gasteiger partial charge in [0.15, 0.2) is 6.29 Å². The SMILES string of the molecule is CC1CC(C)CN(Cc2nn(C)cc2C=O)C1. The molecule has 4 heteroatoms. The van der Waals surface area contributed by atoms with Gasteiger partial charge in [-0.3, -0.25) is 14.4 Å². The molecule has 0 saturated carbocycles. The van der Waals surface area contributed by atoms with Crippen LogP contribution in [0.3, 0.4) is 0 Å². The lowest BCUT2D eigenvalue weighted by atomic mass is 9.92. The van der Waals surface area contributed by atoms with E-state index in [0.717, 1.165) is 49.0 Å². The molecule has 2 unspecified atom stereocenters. The molecule has 1 aliphatic heterocycles. The monoisotopic (exact) mass is 235 g/mol. The Bertz CT molecular complexity index is 389. The van der Waals surface area contributed by atoms with E-state index in [-0.39, 0.29) is 0 Å². The van der Waals surface area contributed by atoms with Crippen molar-refractivity contribution in [1.29, 1.82) is 0 Å². The van der Waals surface area contributed by atoms with Crippen molar-refractivity contribution in [2.75, 3.05) is 13.1 Å². The summed E-state index contributed by atoms with van der Waals surface area (Å²) in [5.41, 5.74) is 1.63. The molecule has 1 aromatic heterocycles. The Morgan fingerprint density at radius 3 is 2.65 bits per heavy atom. The summed E-state index contributed by atoms with van der Waals surface area (Å²) in [5.74, 6) is 1.48. The molecular formula is C13H21N3O. The first kappa shape index (κ1) is 12.3. The predicted octanol–water partition coefficient (Wildman–Crippen LogP) is 1.71. The van der Waals surface area contributed by atoms with Crippen LogP contribution >= 0.6 is 0 Å². The topological polar surface area (TPSA) is 38.1 Å². The Morgan fingerprint density at radius 2 is 2.06 bits per heavy atom. The second kappa shape index (κ2) is 5.00. The second-order valence-electron chi connectivity index (χ2n) is 5.46. The molecule has 17 heavy (non-hydrogen) atoms. The number of aldehydes is 1. The van der Waals surface area contributed by atoms with Gasteiger partial charge in [0.1, 0.15) is 0 Å². The number of hydrogen-bond donors (Lipinski definition) is 0. The molecule has 0 radical (unpaired) electrons. The number of rotatable bonds is 3. The molecule has 0 N–H and O–H groups in total. The van der Waals surface area contributed by atoms with Crippen molar-refractivity contribution < 1.29 is 4.79 Å². The van der Waals surface area contributed by atoms with Gasteiger partial charge < -0.3 is 0 Å². The van der Waals surface area contributed by atoms with Crippen LogP contribution in [0.4, 0.5) is 0 Å². The Hall–Kier alpha value is -1.16. The fraction of sp³-hybridized carbons (Fsp3) is 0.692. The first-order valence-electron chi connectivity index (χ1n) is 6.28. The van der Waals surface area contributed by atoms with Gasteiger partial charge in [-0.15, -0.1) is 0 Å². The molecule has 0 spiro atoms. The van der Waals surface area contributed by atoms with E-state index in [2.05, 4.69) is 23.8 Å². The highest BCUT2D eigenvalue weighted by atomic mass is 16.1. The van der Waals surface area contributed by atoms with E-state index in [1.807, 2.05) is 7.05 Å². The van der Waals surface area contributed by atoms with Gasteiger partial charge >= 0.3 is 0 Å². The van der Waals surface area contributed by atoms with Crippen LogP contribution in [-0.4, -0.2) is 34.1 Å². The van der Waals surface area contributed by atoms with Crippen molar-refractivity contribution in [3.8, 4) is 0 Å². The normalized spacial score (nSPS) is 26.1. The maximum Gasteiger partial charge on any atom is 0.153 e. The summed E-state index contributed by atoms with van der Waals surface area (Å²) >= 11 is 0. The van der Waals surface area contributed by atoms with Crippen LogP contribution < -0.4 is 0 Å². The molecule has 0 aromatic carbocycles. The molecule has 2 heterocycles. The van der Waals surface area contributed by atoms with E-state index in [9.17, 15) is 4.79 Å². The summed E-state index contributed by atoms with van der Waals surface area (Å²) in [6, 6.07) is 0. The zero-order chi connectivity index (χ0) is 12.4. The molecule has 4 nitrogen and oxygen atoms in total. The van der Waals surface area contributed by atoms with Crippen LogP contribution in [0, 0.1) is 11.8 Å². The number of nitrogens with zero attached hydrogens (tertiary/aromatic N) is 3. The zero-order valence-electron chi connectivity index (χ0n) is 10.9. The Kier molecular flexibility index (Phi) is 3.62. The predicted molar refractivity (Wildman–Crippen MR) is 66.8 cm³/mol. The van der Waals surface area contributed by atoms with E-state index < -0.39 is 0 Å². The molecule has 2 rings (SSSR count).